The molecule has 5 heteroatoms. The molecule has 0 saturated carbocycles. The van der Waals surface area contributed by atoms with Crippen LogP contribution in [0.2, 0.25) is 0 Å². The Morgan fingerprint density at radius 3 is 2.53 bits per heavy atom. The van der Waals surface area contributed by atoms with Crippen molar-refractivity contribution in [3.63, 3.8) is 0 Å². The maximum atomic E-state index is 10.8. The fraction of sp³-hybridized carbons (Fsp3) is 0.286. The van der Waals surface area contributed by atoms with E-state index in [4.69, 9.17) is 9.84 Å². The van der Waals surface area contributed by atoms with Crippen molar-refractivity contribution in [3.05, 3.63) is 46.8 Å². The predicted molar refractivity (Wildman–Crippen MR) is 70.4 cm³/mol. The molecule has 1 aromatic heterocycles. The van der Waals surface area contributed by atoms with E-state index in [9.17, 15) is 4.79 Å². The average molecular weight is 260 g/mol. The predicted octanol–water partition coefficient (Wildman–Crippen LogP) is 2.31. The van der Waals surface area contributed by atoms with Crippen LogP contribution in [0.25, 0.3) is 0 Å². The molecule has 0 aliphatic carbocycles. The summed E-state index contributed by atoms with van der Waals surface area (Å²) in [6.45, 7) is 4.25. The van der Waals surface area contributed by atoms with Gasteiger partial charge in [-0.05, 0) is 31.0 Å². The molecule has 2 rings (SSSR count). The number of carbonyl (C=O) groups is 1. The molecule has 0 unspecified atom stereocenters. The first-order valence-corrected chi connectivity index (χ1v) is 5.94. The molecule has 0 bridgehead atoms. The molecule has 1 aromatic carbocycles. The number of aromatic nitrogens is 2. The van der Waals surface area contributed by atoms with Gasteiger partial charge in [-0.1, -0.05) is 18.2 Å². The standard InChI is InChI=1S/C14H16N2O3/c1-9-5-4-6-10(2)13(9)19-8-11-7-12(14(17)18)15-16(11)3/h4-7H,8H2,1-3H3,(H,17,18). The topological polar surface area (TPSA) is 64.3 Å². The van der Waals surface area contributed by atoms with Crippen LogP contribution in [-0.2, 0) is 13.7 Å². The Morgan fingerprint density at radius 1 is 1.37 bits per heavy atom. The highest BCUT2D eigenvalue weighted by Crippen LogP contribution is 2.23. The van der Waals surface area contributed by atoms with E-state index >= 15 is 0 Å². The summed E-state index contributed by atoms with van der Waals surface area (Å²) in [6.07, 6.45) is 0. The van der Waals surface area contributed by atoms with Crippen LogP contribution in [0.3, 0.4) is 0 Å². The van der Waals surface area contributed by atoms with E-state index < -0.39 is 5.97 Å². The molecular weight excluding hydrogens is 244 g/mol. The van der Waals surface area contributed by atoms with Crippen molar-refractivity contribution >= 4 is 5.97 Å². The molecule has 1 heterocycles. The van der Waals surface area contributed by atoms with E-state index in [0.29, 0.717) is 6.61 Å². The van der Waals surface area contributed by atoms with Gasteiger partial charge in [0.25, 0.3) is 0 Å². The Hall–Kier alpha value is -2.30. The van der Waals surface area contributed by atoms with Gasteiger partial charge >= 0.3 is 5.97 Å². The number of aryl methyl sites for hydroxylation is 3. The van der Waals surface area contributed by atoms with Gasteiger partial charge in [0, 0.05) is 7.05 Å². The highest BCUT2D eigenvalue weighted by atomic mass is 16.5. The Morgan fingerprint density at radius 2 is 2.00 bits per heavy atom. The number of ether oxygens (including phenoxy) is 1. The quantitative estimate of drug-likeness (QED) is 0.916. The van der Waals surface area contributed by atoms with E-state index in [1.54, 1.807) is 7.05 Å². The Bertz CT molecular complexity index is 597. The van der Waals surface area contributed by atoms with Crippen molar-refractivity contribution in [2.75, 3.05) is 0 Å². The molecule has 2 aromatic rings. The normalized spacial score (nSPS) is 10.5. The lowest BCUT2D eigenvalue weighted by molar-refractivity contribution is 0.0689. The number of benzene rings is 1. The summed E-state index contributed by atoms with van der Waals surface area (Å²) in [6, 6.07) is 7.46. The molecule has 0 atom stereocenters. The first kappa shape index (κ1) is 13.1. The molecule has 0 fully saturated rings. The molecule has 0 saturated heterocycles. The number of hydrogen-bond donors (Lipinski definition) is 1. The molecule has 0 spiro atoms. The molecule has 19 heavy (non-hydrogen) atoms. The Balaban J connectivity index is 2.17. The molecular formula is C14H16N2O3. The van der Waals surface area contributed by atoms with E-state index in [-0.39, 0.29) is 5.69 Å². The number of hydrogen-bond acceptors (Lipinski definition) is 3. The minimum absolute atomic E-state index is 0.0302. The lowest BCUT2D eigenvalue weighted by Gasteiger charge is -2.11. The Labute approximate surface area is 111 Å². The van der Waals surface area contributed by atoms with Crippen molar-refractivity contribution in [1.82, 2.24) is 9.78 Å². The first-order valence-electron chi connectivity index (χ1n) is 5.94. The van der Waals surface area contributed by atoms with E-state index in [1.165, 1.54) is 10.7 Å². The highest BCUT2D eigenvalue weighted by Gasteiger charge is 2.12. The van der Waals surface area contributed by atoms with Gasteiger partial charge in [-0.15, -0.1) is 0 Å². The van der Waals surface area contributed by atoms with Gasteiger partial charge in [-0.25, -0.2) is 4.79 Å². The van der Waals surface area contributed by atoms with Gasteiger partial charge in [0.05, 0.1) is 5.69 Å². The van der Waals surface area contributed by atoms with Gasteiger partial charge in [0.2, 0.25) is 0 Å². The third-order valence-corrected chi connectivity index (χ3v) is 2.97. The van der Waals surface area contributed by atoms with Crippen molar-refractivity contribution in [2.24, 2.45) is 7.05 Å². The summed E-state index contributed by atoms with van der Waals surface area (Å²) in [5.41, 5.74) is 2.86. The number of carboxylic acid groups (broad SMARTS) is 1. The summed E-state index contributed by atoms with van der Waals surface area (Å²) in [5, 5.41) is 12.8. The largest absolute Gasteiger partial charge is 0.487 e. The molecule has 0 amide bonds. The number of aromatic carboxylic acids is 1. The maximum absolute atomic E-state index is 10.8. The van der Waals surface area contributed by atoms with Crippen LogP contribution < -0.4 is 4.74 Å². The van der Waals surface area contributed by atoms with Crippen molar-refractivity contribution in [2.45, 2.75) is 20.5 Å². The molecule has 5 nitrogen and oxygen atoms in total. The van der Waals surface area contributed by atoms with E-state index in [2.05, 4.69) is 5.10 Å². The van der Waals surface area contributed by atoms with Gasteiger partial charge in [-0.3, -0.25) is 4.68 Å². The number of rotatable bonds is 4. The van der Waals surface area contributed by atoms with Crippen LogP contribution in [0.15, 0.2) is 24.3 Å². The fourth-order valence-electron chi connectivity index (χ4n) is 1.92. The van der Waals surface area contributed by atoms with Crippen molar-refractivity contribution in [3.8, 4) is 5.75 Å². The van der Waals surface area contributed by atoms with Gasteiger partial charge < -0.3 is 9.84 Å². The lowest BCUT2D eigenvalue weighted by atomic mass is 10.1. The monoisotopic (exact) mass is 260 g/mol. The van der Waals surface area contributed by atoms with Crippen LogP contribution in [-0.4, -0.2) is 20.9 Å². The van der Waals surface area contributed by atoms with E-state index in [0.717, 1.165) is 22.6 Å². The zero-order valence-corrected chi connectivity index (χ0v) is 11.2. The van der Waals surface area contributed by atoms with Gasteiger partial charge in [0.15, 0.2) is 5.69 Å². The van der Waals surface area contributed by atoms with Gasteiger partial charge in [0.1, 0.15) is 12.4 Å². The second-order valence-corrected chi connectivity index (χ2v) is 4.46. The molecule has 0 aliphatic heterocycles. The summed E-state index contributed by atoms with van der Waals surface area (Å²) >= 11 is 0. The van der Waals surface area contributed by atoms with E-state index in [1.807, 2.05) is 32.0 Å². The van der Waals surface area contributed by atoms with Crippen LogP contribution in [0.4, 0.5) is 0 Å². The first-order chi connectivity index (χ1) is 8.99. The van der Waals surface area contributed by atoms with Crippen LogP contribution in [0.1, 0.15) is 27.3 Å². The average Bonchev–Trinajstić information content (AvgIpc) is 2.70. The SMILES string of the molecule is Cc1cccc(C)c1OCc1cc(C(=O)O)nn1C. The summed E-state index contributed by atoms with van der Waals surface area (Å²) < 4.78 is 7.30. The number of nitrogens with zero attached hydrogens (tertiary/aromatic N) is 2. The third kappa shape index (κ3) is 2.76. The fourth-order valence-corrected chi connectivity index (χ4v) is 1.92. The Kier molecular flexibility index (Phi) is 3.55. The molecule has 1 N–H and O–H groups in total. The highest BCUT2D eigenvalue weighted by molar-refractivity contribution is 5.85. The molecule has 0 aliphatic rings. The number of para-hydroxylation sites is 1. The summed E-state index contributed by atoms with van der Waals surface area (Å²) in [4.78, 5) is 10.8. The zero-order chi connectivity index (χ0) is 14.0. The molecule has 0 radical (unpaired) electrons. The van der Waals surface area contributed by atoms with Crippen molar-refractivity contribution in [1.29, 1.82) is 0 Å². The van der Waals surface area contributed by atoms with Crippen molar-refractivity contribution < 1.29 is 14.6 Å². The lowest BCUT2D eigenvalue weighted by Crippen LogP contribution is -2.04. The number of carboxylic acids is 1. The van der Waals surface area contributed by atoms with Gasteiger partial charge in [-0.2, -0.15) is 5.10 Å². The minimum Gasteiger partial charge on any atom is -0.487 e. The summed E-state index contributed by atoms with van der Waals surface area (Å²) in [5.74, 6) is -0.200. The van der Waals surface area contributed by atoms with Crippen LogP contribution in [0.5, 0.6) is 5.75 Å². The smallest absolute Gasteiger partial charge is 0.356 e. The minimum atomic E-state index is -1.03. The second-order valence-electron chi connectivity index (χ2n) is 4.46. The summed E-state index contributed by atoms with van der Waals surface area (Å²) in [7, 11) is 1.70. The van der Waals surface area contributed by atoms with Crippen LogP contribution in [0, 0.1) is 13.8 Å². The zero-order valence-electron chi connectivity index (χ0n) is 11.2. The second kappa shape index (κ2) is 5.14. The maximum Gasteiger partial charge on any atom is 0.356 e. The molecule has 100 valence electrons. The third-order valence-electron chi connectivity index (χ3n) is 2.97. The van der Waals surface area contributed by atoms with Crippen LogP contribution >= 0.6 is 0 Å².